The van der Waals surface area contributed by atoms with Crippen molar-refractivity contribution in [1.29, 1.82) is 0 Å². The van der Waals surface area contributed by atoms with E-state index in [-0.39, 0.29) is 30.2 Å². The van der Waals surface area contributed by atoms with Crippen molar-refractivity contribution >= 4 is 24.3 Å². The minimum Gasteiger partial charge on any atom is -0.468 e. The number of hydrogen-bond donors (Lipinski definition) is 0. The number of amides is 1. The fraction of sp³-hybridized carbons (Fsp3) is 0.688. The molecule has 3 rings (SSSR count). The minimum absolute atomic E-state index is 0. The highest BCUT2D eigenvalue weighted by atomic mass is 35.5. The first-order valence-corrected chi connectivity index (χ1v) is 8.04. The number of imidazole rings is 1. The topological polar surface area (TPSA) is 73.7 Å². The van der Waals surface area contributed by atoms with Crippen LogP contribution in [0, 0.1) is 11.3 Å². The van der Waals surface area contributed by atoms with Gasteiger partial charge in [0.15, 0.2) is 0 Å². The van der Waals surface area contributed by atoms with E-state index in [1.54, 1.807) is 11.1 Å². The second-order valence-corrected chi connectivity index (χ2v) is 6.27. The standard InChI is InChI=1S/C16H23N3O4.ClH/c1-3-13-17-5-7-18(13)6-4-14(20)19-8-12-9-23-11-16(12,10-19)15(21)22-2;/h5,7,12H,3-4,6,8-11H2,1-2H3;1H/t12-,16-;/m0./s1. The summed E-state index contributed by atoms with van der Waals surface area (Å²) in [6.07, 6.45) is 4.91. The summed E-state index contributed by atoms with van der Waals surface area (Å²) < 4.78 is 12.4. The van der Waals surface area contributed by atoms with E-state index in [4.69, 9.17) is 9.47 Å². The van der Waals surface area contributed by atoms with Crippen molar-refractivity contribution in [3.63, 3.8) is 0 Å². The van der Waals surface area contributed by atoms with Crippen LogP contribution in [0.1, 0.15) is 19.2 Å². The summed E-state index contributed by atoms with van der Waals surface area (Å²) in [5.41, 5.74) is -0.673. The highest BCUT2D eigenvalue weighted by Gasteiger charge is 2.57. The number of likely N-dealkylation sites (tertiary alicyclic amines) is 1. The Bertz CT molecular complexity index is 606. The molecule has 1 amide bonds. The predicted molar refractivity (Wildman–Crippen MR) is 88.8 cm³/mol. The molecule has 2 atom stereocenters. The number of esters is 1. The first-order chi connectivity index (χ1) is 11.1. The number of fused-ring (bicyclic) bond motifs is 1. The summed E-state index contributed by atoms with van der Waals surface area (Å²) in [6, 6.07) is 0. The maximum absolute atomic E-state index is 12.5. The van der Waals surface area contributed by atoms with Crippen molar-refractivity contribution in [2.24, 2.45) is 11.3 Å². The molecule has 1 aromatic rings. The first-order valence-electron chi connectivity index (χ1n) is 8.04. The van der Waals surface area contributed by atoms with Gasteiger partial charge >= 0.3 is 5.97 Å². The molecule has 0 radical (unpaired) electrons. The lowest BCUT2D eigenvalue weighted by molar-refractivity contribution is -0.153. The fourth-order valence-electron chi connectivity index (χ4n) is 3.65. The Kier molecular flexibility index (Phi) is 5.87. The Morgan fingerprint density at radius 3 is 3.00 bits per heavy atom. The third-order valence-corrected chi connectivity index (χ3v) is 5.00. The molecule has 2 aliphatic heterocycles. The molecule has 0 unspecified atom stereocenters. The van der Waals surface area contributed by atoms with E-state index in [0.717, 1.165) is 12.2 Å². The Morgan fingerprint density at radius 2 is 2.29 bits per heavy atom. The van der Waals surface area contributed by atoms with Crippen LogP contribution in [0.5, 0.6) is 0 Å². The third-order valence-electron chi connectivity index (χ3n) is 5.00. The lowest BCUT2D eigenvalue weighted by Gasteiger charge is -2.23. The van der Waals surface area contributed by atoms with E-state index in [9.17, 15) is 9.59 Å². The largest absolute Gasteiger partial charge is 0.468 e. The monoisotopic (exact) mass is 357 g/mol. The number of halogens is 1. The zero-order chi connectivity index (χ0) is 16.4. The third kappa shape index (κ3) is 3.15. The van der Waals surface area contributed by atoms with Crippen molar-refractivity contribution in [1.82, 2.24) is 14.5 Å². The van der Waals surface area contributed by atoms with Crippen LogP contribution in [0.25, 0.3) is 0 Å². The Balaban J connectivity index is 0.00000208. The highest BCUT2D eigenvalue weighted by molar-refractivity contribution is 5.85. The van der Waals surface area contributed by atoms with Crippen molar-refractivity contribution in [3.8, 4) is 0 Å². The molecule has 0 N–H and O–H groups in total. The fourth-order valence-corrected chi connectivity index (χ4v) is 3.65. The van der Waals surface area contributed by atoms with E-state index in [0.29, 0.717) is 39.3 Å². The summed E-state index contributed by atoms with van der Waals surface area (Å²) in [5.74, 6) is 0.825. The number of ether oxygens (including phenoxy) is 2. The molecule has 2 aliphatic rings. The Labute approximate surface area is 147 Å². The van der Waals surface area contributed by atoms with Gasteiger partial charge in [0.2, 0.25) is 5.91 Å². The second-order valence-electron chi connectivity index (χ2n) is 6.27. The van der Waals surface area contributed by atoms with Gasteiger partial charge in [-0.15, -0.1) is 12.4 Å². The van der Waals surface area contributed by atoms with E-state index >= 15 is 0 Å². The van der Waals surface area contributed by atoms with Gasteiger partial charge < -0.3 is 18.9 Å². The number of aryl methyl sites for hydroxylation is 2. The van der Waals surface area contributed by atoms with Crippen molar-refractivity contribution in [2.75, 3.05) is 33.4 Å². The van der Waals surface area contributed by atoms with Crippen LogP contribution in [-0.2, 0) is 32.0 Å². The second kappa shape index (κ2) is 7.53. The smallest absolute Gasteiger partial charge is 0.316 e. The van der Waals surface area contributed by atoms with Crippen LogP contribution >= 0.6 is 12.4 Å². The van der Waals surface area contributed by atoms with Gasteiger partial charge in [-0.2, -0.15) is 0 Å². The zero-order valence-electron chi connectivity index (χ0n) is 14.1. The number of carbonyl (C=O) groups excluding carboxylic acids is 2. The summed E-state index contributed by atoms with van der Waals surface area (Å²) in [5, 5.41) is 0. The van der Waals surface area contributed by atoms with Crippen LogP contribution < -0.4 is 0 Å². The average Bonchev–Trinajstić information content (AvgIpc) is 3.24. The molecular formula is C16H24ClN3O4. The lowest BCUT2D eigenvalue weighted by Crippen LogP contribution is -2.41. The minimum atomic E-state index is -0.673. The van der Waals surface area contributed by atoms with Crippen LogP contribution in [-0.4, -0.2) is 59.7 Å². The van der Waals surface area contributed by atoms with Gasteiger partial charge in [0.25, 0.3) is 0 Å². The molecule has 2 saturated heterocycles. The molecule has 0 aliphatic carbocycles. The molecule has 2 fully saturated rings. The molecule has 0 aromatic carbocycles. The quantitative estimate of drug-likeness (QED) is 0.732. The summed E-state index contributed by atoms with van der Waals surface area (Å²) in [7, 11) is 1.39. The Morgan fingerprint density at radius 1 is 1.50 bits per heavy atom. The Hall–Kier alpha value is -1.60. The predicted octanol–water partition coefficient (Wildman–Crippen LogP) is 0.905. The molecule has 0 bridgehead atoms. The molecule has 1 aromatic heterocycles. The SMILES string of the molecule is CCc1nccn1CCC(=O)N1C[C@H]2COC[C@@]2(C(=O)OC)C1.Cl. The molecule has 0 spiro atoms. The number of nitrogens with zero attached hydrogens (tertiary/aromatic N) is 3. The summed E-state index contributed by atoms with van der Waals surface area (Å²) >= 11 is 0. The molecule has 134 valence electrons. The van der Waals surface area contributed by atoms with Gasteiger partial charge in [0.05, 0.1) is 20.3 Å². The van der Waals surface area contributed by atoms with Gasteiger partial charge in [-0.1, -0.05) is 6.92 Å². The highest BCUT2D eigenvalue weighted by Crippen LogP contribution is 2.42. The number of hydrogen-bond acceptors (Lipinski definition) is 5. The number of rotatable bonds is 5. The van der Waals surface area contributed by atoms with E-state index in [2.05, 4.69) is 4.98 Å². The maximum Gasteiger partial charge on any atom is 0.316 e. The van der Waals surface area contributed by atoms with Crippen molar-refractivity contribution < 1.29 is 19.1 Å². The van der Waals surface area contributed by atoms with E-state index < -0.39 is 5.41 Å². The van der Waals surface area contributed by atoms with Crippen molar-refractivity contribution in [3.05, 3.63) is 18.2 Å². The number of carbonyl (C=O) groups is 2. The number of aromatic nitrogens is 2. The molecule has 24 heavy (non-hydrogen) atoms. The molecular weight excluding hydrogens is 334 g/mol. The van der Waals surface area contributed by atoms with Gasteiger partial charge in [0, 0.05) is 50.8 Å². The van der Waals surface area contributed by atoms with Crippen LogP contribution in [0.4, 0.5) is 0 Å². The van der Waals surface area contributed by atoms with Crippen LogP contribution in [0.3, 0.4) is 0 Å². The summed E-state index contributed by atoms with van der Waals surface area (Å²) in [6.45, 7) is 4.48. The molecule has 8 heteroatoms. The van der Waals surface area contributed by atoms with E-state index in [1.165, 1.54) is 7.11 Å². The normalized spacial score (nSPS) is 25.2. The van der Waals surface area contributed by atoms with Gasteiger partial charge in [-0.25, -0.2) is 4.98 Å². The van der Waals surface area contributed by atoms with Gasteiger partial charge in [-0.05, 0) is 0 Å². The number of methoxy groups -OCH3 is 1. The maximum atomic E-state index is 12.5. The average molecular weight is 358 g/mol. The lowest BCUT2D eigenvalue weighted by atomic mass is 9.81. The zero-order valence-corrected chi connectivity index (χ0v) is 14.9. The first kappa shape index (κ1) is 18.7. The van der Waals surface area contributed by atoms with Crippen LogP contribution in [0.15, 0.2) is 12.4 Å². The summed E-state index contributed by atoms with van der Waals surface area (Å²) in [4.78, 5) is 30.7. The molecule has 3 heterocycles. The van der Waals surface area contributed by atoms with Crippen LogP contribution in [0.2, 0.25) is 0 Å². The molecule has 7 nitrogen and oxygen atoms in total. The van der Waals surface area contributed by atoms with Gasteiger partial charge in [-0.3, -0.25) is 9.59 Å². The van der Waals surface area contributed by atoms with E-state index in [1.807, 2.05) is 17.7 Å². The van der Waals surface area contributed by atoms with Crippen molar-refractivity contribution in [2.45, 2.75) is 26.3 Å². The molecule has 0 saturated carbocycles. The van der Waals surface area contributed by atoms with Gasteiger partial charge in [0.1, 0.15) is 11.2 Å².